The molecule has 22 heavy (non-hydrogen) atoms. The second-order valence-electron chi connectivity index (χ2n) is 4.90. The SMILES string of the molecule is CCS[C@@H]1O[C@H](CO)[C@@H](O)[C@H](O)[C@H]1OC(=O)c1ccccc1. The third kappa shape index (κ3) is 3.80. The highest BCUT2D eigenvalue weighted by atomic mass is 32.2. The van der Waals surface area contributed by atoms with Crippen LogP contribution >= 0.6 is 11.8 Å². The van der Waals surface area contributed by atoms with Crippen molar-refractivity contribution in [2.75, 3.05) is 12.4 Å². The Labute approximate surface area is 133 Å². The lowest BCUT2D eigenvalue weighted by Crippen LogP contribution is -2.58. The number of benzene rings is 1. The lowest BCUT2D eigenvalue weighted by Gasteiger charge is -2.41. The highest BCUT2D eigenvalue weighted by molar-refractivity contribution is 7.99. The zero-order valence-electron chi connectivity index (χ0n) is 12.2. The van der Waals surface area contributed by atoms with Crippen LogP contribution in [-0.4, -0.2) is 63.5 Å². The van der Waals surface area contributed by atoms with Crippen LogP contribution in [-0.2, 0) is 9.47 Å². The number of hydrogen-bond acceptors (Lipinski definition) is 7. The van der Waals surface area contributed by atoms with Gasteiger partial charge in [-0.1, -0.05) is 25.1 Å². The minimum Gasteiger partial charge on any atom is -0.452 e. The topological polar surface area (TPSA) is 96.2 Å². The first kappa shape index (κ1) is 17.2. The fraction of sp³-hybridized carbons (Fsp3) is 0.533. The average Bonchev–Trinajstić information content (AvgIpc) is 2.55. The second kappa shape index (κ2) is 7.94. The lowest BCUT2D eigenvalue weighted by atomic mass is 10.00. The number of thioether (sulfide) groups is 1. The highest BCUT2D eigenvalue weighted by Gasteiger charge is 2.46. The molecule has 6 nitrogen and oxygen atoms in total. The van der Waals surface area contributed by atoms with Crippen LogP contribution in [0.15, 0.2) is 30.3 Å². The van der Waals surface area contributed by atoms with Crippen LogP contribution in [0.3, 0.4) is 0 Å². The molecule has 0 amide bonds. The molecular formula is C15H20O6S. The standard InChI is InChI=1S/C15H20O6S/c1-2-22-15-13(12(18)11(17)10(8-16)20-15)21-14(19)9-6-4-3-5-7-9/h3-7,10-13,15-18H,2,8H2,1H3/t10-,11-,12+,13-,15+/m1/s1. The largest absolute Gasteiger partial charge is 0.452 e. The summed E-state index contributed by atoms with van der Waals surface area (Å²) in [6.45, 7) is 1.48. The van der Waals surface area contributed by atoms with Gasteiger partial charge in [0.2, 0.25) is 0 Å². The fourth-order valence-corrected chi connectivity index (χ4v) is 3.20. The summed E-state index contributed by atoms with van der Waals surface area (Å²) in [5.74, 6) is 0.0787. The minimum atomic E-state index is -1.32. The van der Waals surface area contributed by atoms with Gasteiger partial charge in [-0.2, -0.15) is 0 Å². The molecule has 1 aliphatic heterocycles. The van der Waals surface area contributed by atoms with E-state index in [0.717, 1.165) is 0 Å². The Morgan fingerprint density at radius 1 is 1.27 bits per heavy atom. The van der Waals surface area contributed by atoms with Crippen molar-refractivity contribution in [2.45, 2.75) is 36.8 Å². The van der Waals surface area contributed by atoms with Gasteiger partial charge < -0.3 is 24.8 Å². The molecule has 1 heterocycles. The number of ether oxygens (including phenoxy) is 2. The van der Waals surface area contributed by atoms with Gasteiger partial charge in [-0.15, -0.1) is 11.8 Å². The van der Waals surface area contributed by atoms with E-state index in [1.54, 1.807) is 30.3 Å². The van der Waals surface area contributed by atoms with Crippen LogP contribution in [0.5, 0.6) is 0 Å². The van der Waals surface area contributed by atoms with E-state index >= 15 is 0 Å². The molecule has 1 saturated heterocycles. The molecule has 3 N–H and O–H groups in total. The number of esters is 1. The molecule has 0 spiro atoms. The number of aliphatic hydroxyl groups excluding tert-OH is 3. The number of carbonyl (C=O) groups is 1. The van der Waals surface area contributed by atoms with Gasteiger partial charge in [0.25, 0.3) is 0 Å². The van der Waals surface area contributed by atoms with E-state index in [9.17, 15) is 20.1 Å². The third-order valence-corrected chi connectivity index (χ3v) is 4.45. The maximum atomic E-state index is 12.1. The van der Waals surface area contributed by atoms with E-state index in [4.69, 9.17) is 9.47 Å². The molecule has 122 valence electrons. The minimum absolute atomic E-state index is 0.355. The van der Waals surface area contributed by atoms with E-state index in [1.807, 2.05) is 6.92 Å². The predicted octanol–water partition coefficient (Wildman–Crippen LogP) is 0.404. The normalized spacial score (nSPS) is 31.7. The molecule has 7 heteroatoms. The molecule has 0 radical (unpaired) electrons. The monoisotopic (exact) mass is 328 g/mol. The number of hydrogen-bond donors (Lipinski definition) is 3. The first-order valence-corrected chi connectivity index (χ1v) is 8.13. The van der Waals surface area contributed by atoms with Gasteiger partial charge >= 0.3 is 5.97 Å². The summed E-state index contributed by atoms with van der Waals surface area (Å²) in [5, 5.41) is 29.3. The van der Waals surface area contributed by atoms with Gasteiger partial charge in [-0.25, -0.2) is 4.79 Å². The maximum Gasteiger partial charge on any atom is 0.338 e. The molecule has 5 atom stereocenters. The second-order valence-corrected chi connectivity index (χ2v) is 6.27. The zero-order chi connectivity index (χ0) is 16.1. The zero-order valence-corrected chi connectivity index (χ0v) is 13.0. The van der Waals surface area contributed by atoms with E-state index in [-0.39, 0.29) is 0 Å². The van der Waals surface area contributed by atoms with Crippen molar-refractivity contribution >= 4 is 17.7 Å². The fourth-order valence-electron chi connectivity index (χ4n) is 2.25. The predicted molar refractivity (Wildman–Crippen MR) is 81.5 cm³/mol. The Bertz CT molecular complexity index is 482. The van der Waals surface area contributed by atoms with Gasteiger partial charge in [0.15, 0.2) is 6.10 Å². The molecule has 0 unspecified atom stereocenters. The van der Waals surface area contributed by atoms with Crippen LogP contribution in [0.25, 0.3) is 0 Å². The molecular weight excluding hydrogens is 308 g/mol. The average molecular weight is 328 g/mol. The number of aliphatic hydroxyl groups is 3. The summed E-state index contributed by atoms with van der Waals surface area (Å²) in [6, 6.07) is 8.40. The number of rotatable bonds is 5. The van der Waals surface area contributed by atoms with Crippen molar-refractivity contribution in [2.24, 2.45) is 0 Å². The first-order chi connectivity index (χ1) is 10.6. The van der Waals surface area contributed by atoms with Crippen LogP contribution in [0.1, 0.15) is 17.3 Å². The van der Waals surface area contributed by atoms with Crippen LogP contribution in [0.2, 0.25) is 0 Å². The highest BCUT2D eigenvalue weighted by Crippen LogP contribution is 2.30. The summed E-state index contributed by atoms with van der Waals surface area (Å²) in [6.07, 6.45) is -4.53. The maximum absolute atomic E-state index is 12.1. The van der Waals surface area contributed by atoms with E-state index < -0.39 is 42.4 Å². The van der Waals surface area contributed by atoms with E-state index in [0.29, 0.717) is 11.3 Å². The Kier molecular flexibility index (Phi) is 6.22. The van der Waals surface area contributed by atoms with Crippen LogP contribution in [0, 0.1) is 0 Å². The van der Waals surface area contributed by atoms with Gasteiger partial charge in [0.1, 0.15) is 23.7 Å². The summed E-state index contributed by atoms with van der Waals surface area (Å²) in [7, 11) is 0. The summed E-state index contributed by atoms with van der Waals surface area (Å²) in [5.41, 5.74) is -0.290. The first-order valence-electron chi connectivity index (χ1n) is 7.08. The number of carbonyl (C=O) groups excluding carboxylic acids is 1. The Hall–Kier alpha value is -1.12. The Morgan fingerprint density at radius 2 is 1.95 bits per heavy atom. The molecule has 2 rings (SSSR count). The quantitative estimate of drug-likeness (QED) is 0.673. The van der Waals surface area contributed by atoms with Crippen molar-refractivity contribution in [3.63, 3.8) is 0 Å². The molecule has 1 aliphatic rings. The van der Waals surface area contributed by atoms with Crippen molar-refractivity contribution in [1.29, 1.82) is 0 Å². The van der Waals surface area contributed by atoms with Crippen molar-refractivity contribution < 1.29 is 29.6 Å². The van der Waals surface area contributed by atoms with E-state index in [2.05, 4.69) is 0 Å². The lowest BCUT2D eigenvalue weighted by molar-refractivity contribution is -0.206. The van der Waals surface area contributed by atoms with Crippen LogP contribution < -0.4 is 0 Å². The van der Waals surface area contributed by atoms with Crippen molar-refractivity contribution in [3.05, 3.63) is 35.9 Å². The summed E-state index contributed by atoms with van der Waals surface area (Å²) in [4.78, 5) is 12.1. The van der Waals surface area contributed by atoms with Crippen molar-refractivity contribution in [1.82, 2.24) is 0 Å². The molecule has 0 aliphatic carbocycles. The summed E-state index contributed by atoms with van der Waals surface area (Å²) < 4.78 is 10.9. The smallest absolute Gasteiger partial charge is 0.338 e. The molecule has 0 bridgehead atoms. The van der Waals surface area contributed by atoms with Gasteiger partial charge in [0.05, 0.1) is 12.2 Å². The molecule has 1 fully saturated rings. The molecule has 1 aromatic rings. The van der Waals surface area contributed by atoms with Gasteiger partial charge in [-0.05, 0) is 17.9 Å². The van der Waals surface area contributed by atoms with Gasteiger partial charge in [0, 0.05) is 0 Å². The van der Waals surface area contributed by atoms with Crippen molar-refractivity contribution in [3.8, 4) is 0 Å². The summed E-state index contributed by atoms with van der Waals surface area (Å²) >= 11 is 1.34. The van der Waals surface area contributed by atoms with Crippen LogP contribution in [0.4, 0.5) is 0 Å². The molecule has 0 aromatic heterocycles. The van der Waals surface area contributed by atoms with Gasteiger partial charge in [-0.3, -0.25) is 0 Å². The van der Waals surface area contributed by atoms with E-state index in [1.165, 1.54) is 11.8 Å². The third-order valence-electron chi connectivity index (χ3n) is 3.41. The molecule has 0 saturated carbocycles. The Balaban J connectivity index is 2.13. The molecule has 1 aromatic carbocycles. The Morgan fingerprint density at radius 3 is 2.55 bits per heavy atom.